The third kappa shape index (κ3) is 9.05. The van der Waals surface area contributed by atoms with Crippen molar-refractivity contribution in [2.45, 2.75) is 83.1 Å². The van der Waals surface area contributed by atoms with Crippen molar-refractivity contribution in [3.63, 3.8) is 0 Å². The molecule has 1 saturated heterocycles. The fraction of sp³-hybridized carbons (Fsp3) is 0.630. The molecule has 0 amide bonds. The summed E-state index contributed by atoms with van der Waals surface area (Å²) >= 11 is 0. The van der Waals surface area contributed by atoms with Gasteiger partial charge in [0, 0.05) is 12.2 Å². The maximum absolute atomic E-state index is 11.0. The van der Waals surface area contributed by atoms with Gasteiger partial charge in [-0.3, -0.25) is 4.57 Å². The lowest BCUT2D eigenvalue weighted by atomic mass is 9.75. The second kappa shape index (κ2) is 13.5. The molecule has 1 aromatic carbocycles. The van der Waals surface area contributed by atoms with Crippen LogP contribution in [-0.4, -0.2) is 35.6 Å². The highest BCUT2D eigenvalue weighted by Crippen LogP contribution is 2.38. The van der Waals surface area contributed by atoms with E-state index in [2.05, 4.69) is 35.7 Å². The molecule has 184 valence electrons. The molecule has 2 atom stereocenters. The number of unbranched alkanes of at least 4 members (excludes halogenated alkanes) is 5. The molecule has 2 unspecified atom stereocenters. The first-order valence-corrected chi connectivity index (χ1v) is 14.6. The summed E-state index contributed by atoms with van der Waals surface area (Å²) in [5, 5.41) is 3.76. The maximum Gasteiger partial charge on any atom is 0.325 e. The molecule has 0 bridgehead atoms. The van der Waals surface area contributed by atoms with Crippen LogP contribution in [0.25, 0.3) is 0 Å². The van der Waals surface area contributed by atoms with Gasteiger partial charge in [0.25, 0.3) is 0 Å². The first kappa shape index (κ1) is 26.2. The first-order chi connectivity index (χ1) is 16.0. The minimum Gasteiger partial charge on any atom is -0.497 e. The van der Waals surface area contributed by atoms with Crippen molar-refractivity contribution in [2.24, 2.45) is 5.92 Å². The molecule has 1 aliphatic heterocycles. The molecular weight excluding hydrogens is 433 g/mol. The second-order valence-electron chi connectivity index (χ2n) is 9.63. The number of rotatable bonds is 14. The summed E-state index contributed by atoms with van der Waals surface area (Å²) in [5.74, 6) is 1.58. The van der Waals surface area contributed by atoms with E-state index in [1.165, 1.54) is 56.1 Å². The molecule has 0 aromatic heterocycles. The highest BCUT2D eigenvalue weighted by atomic mass is 31.2. The number of fused-ring (bicyclic) bond motifs is 1. The average molecular weight is 476 g/mol. The molecule has 5 nitrogen and oxygen atoms in total. The van der Waals surface area contributed by atoms with Crippen molar-refractivity contribution in [3.05, 3.63) is 53.1 Å². The van der Waals surface area contributed by atoms with Crippen molar-refractivity contribution in [2.75, 3.05) is 19.8 Å². The van der Waals surface area contributed by atoms with Crippen molar-refractivity contribution in [1.82, 2.24) is 5.32 Å². The van der Waals surface area contributed by atoms with Crippen molar-refractivity contribution in [3.8, 4) is 5.75 Å². The molecule has 1 heterocycles. The Morgan fingerprint density at radius 3 is 2.42 bits per heavy atom. The smallest absolute Gasteiger partial charge is 0.325 e. The first-order valence-electron chi connectivity index (χ1n) is 12.8. The lowest BCUT2D eigenvalue weighted by Crippen LogP contribution is -2.44. The van der Waals surface area contributed by atoms with Crippen LogP contribution >= 0.6 is 7.60 Å². The van der Waals surface area contributed by atoms with Gasteiger partial charge >= 0.3 is 7.60 Å². The zero-order valence-corrected chi connectivity index (χ0v) is 21.1. The van der Waals surface area contributed by atoms with Crippen molar-refractivity contribution >= 4 is 7.60 Å². The van der Waals surface area contributed by atoms with Gasteiger partial charge in [0.15, 0.2) is 0 Å². The summed E-state index contributed by atoms with van der Waals surface area (Å²) in [6, 6.07) is 8.87. The molecule has 3 N–H and O–H groups in total. The van der Waals surface area contributed by atoms with Gasteiger partial charge in [-0.2, -0.15) is 0 Å². The summed E-state index contributed by atoms with van der Waals surface area (Å²) in [6.45, 7) is 1.09. The molecule has 1 aliphatic carbocycles. The Bertz CT molecular complexity index is 844. The number of ether oxygens (including phenoxy) is 1. The van der Waals surface area contributed by atoms with Gasteiger partial charge in [0.05, 0.1) is 7.11 Å². The molecule has 1 aromatic rings. The number of nitrogens with one attached hydrogen (secondary N) is 1. The fourth-order valence-corrected chi connectivity index (χ4v) is 5.93. The van der Waals surface area contributed by atoms with E-state index in [-0.39, 0.29) is 6.16 Å². The predicted molar refractivity (Wildman–Crippen MR) is 136 cm³/mol. The quantitative estimate of drug-likeness (QED) is 0.222. The fourth-order valence-electron chi connectivity index (χ4n) is 5.29. The number of methoxy groups -OCH3 is 1. The highest BCUT2D eigenvalue weighted by molar-refractivity contribution is 7.51. The van der Waals surface area contributed by atoms with Crippen LogP contribution in [0.3, 0.4) is 0 Å². The third-order valence-electron chi connectivity index (χ3n) is 7.08. The summed E-state index contributed by atoms with van der Waals surface area (Å²) < 4.78 is 16.3. The molecule has 0 saturated carbocycles. The highest BCUT2D eigenvalue weighted by Gasteiger charge is 2.31. The van der Waals surface area contributed by atoms with Crippen LogP contribution in [0.2, 0.25) is 0 Å². The number of piperidine rings is 1. The van der Waals surface area contributed by atoms with E-state index in [0.717, 1.165) is 38.0 Å². The molecule has 0 spiro atoms. The average Bonchev–Trinajstić information content (AvgIpc) is 2.81. The van der Waals surface area contributed by atoms with E-state index >= 15 is 0 Å². The number of allylic oxidation sites excluding steroid dienone is 2. The van der Waals surface area contributed by atoms with Crippen LogP contribution in [-0.2, 0) is 11.0 Å². The van der Waals surface area contributed by atoms with Crippen LogP contribution in [0.4, 0.5) is 0 Å². The number of hydrogen-bond acceptors (Lipinski definition) is 3. The number of aryl methyl sites for hydroxylation is 1. The third-order valence-corrected chi connectivity index (χ3v) is 7.97. The Balaban J connectivity index is 1.39. The normalized spacial score (nSPS) is 20.7. The largest absolute Gasteiger partial charge is 0.497 e. The van der Waals surface area contributed by atoms with Gasteiger partial charge in [-0.25, -0.2) is 0 Å². The molecule has 6 heteroatoms. The van der Waals surface area contributed by atoms with Crippen LogP contribution < -0.4 is 10.1 Å². The Morgan fingerprint density at radius 1 is 0.970 bits per heavy atom. The van der Waals surface area contributed by atoms with E-state index < -0.39 is 7.60 Å². The molecule has 2 aliphatic rings. The zero-order chi connectivity index (χ0) is 23.5. The molecule has 33 heavy (non-hydrogen) atoms. The van der Waals surface area contributed by atoms with E-state index in [1.54, 1.807) is 12.7 Å². The van der Waals surface area contributed by atoms with E-state index in [0.29, 0.717) is 18.4 Å². The lowest BCUT2D eigenvalue weighted by Gasteiger charge is -2.38. The van der Waals surface area contributed by atoms with Crippen LogP contribution in [0.5, 0.6) is 5.75 Å². The van der Waals surface area contributed by atoms with Crippen LogP contribution in [0.15, 0.2) is 47.6 Å². The standard InChI is InChI=1S/C27H42NO4P/c1-32-25-15-9-12-22(21-25)11-5-2-3-6-13-23-17-18-24(27-26(23)16-10-19-28-27)14-7-4-8-20-33(29,30)31/h9,12,15,17-18,21,26-28H,2-8,10-11,13-14,16,19-20H2,1H3,(H2,29,30,31). The summed E-state index contributed by atoms with van der Waals surface area (Å²) in [6.07, 6.45) is 18.1. The van der Waals surface area contributed by atoms with E-state index in [4.69, 9.17) is 14.5 Å². The Morgan fingerprint density at radius 2 is 1.67 bits per heavy atom. The van der Waals surface area contributed by atoms with Gasteiger partial charge in [0.2, 0.25) is 0 Å². The monoisotopic (exact) mass is 475 g/mol. The van der Waals surface area contributed by atoms with Gasteiger partial charge in [-0.1, -0.05) is 54.7 Å². The van der Waals surface area contributed by atoms with Crippen LogP contribution in [0.1, 0.15) is 76.2 Å². The van der Waals surface area contributed by atoms with Gasteiger partial charge in [0.1, 0.15) is 5.75 Å². The topological polar surface area (TPSA) is 78.8 Å². The summed E-state index contributed by atoms with van der Waals surface area (Å²) in [4.78, 5) is 18.0. The lowest BCUT2D eigenvalue weighted by molar-refractivity contribution is 0.330. The van der Waals surface area contributed by atoms with Crippen LogP contribution in [0, 0.1) is 5.92 Å². The van der Waals surface area contributed by atoms with Crippen molar-refractivity contribution < 1.29 is 19.1 Å². The Hall–Kier alpha value is -1.39. The minimum atomic E-state index is -3.85. The Kier molecular flexibility index (Phi) is 10.7. The number of hydrogen-bond donors (Lipinski definition) is 3. The summed E-state index contributed by atoms with van der Waals surface area (Å²) in [5.41, 5.74) is 4.46. The minimum absolute atomic E-state index is 0.0138. The van der Waals surface area contributed by atoms with Gasteiger partial charge in [-0.15, -0.1) is 0 Å². The van der Waals surface area contributed by atoms with Crippen molar-refractivity contribution in [1.29, 1.82) is 0 Å². The SMILES string of the molecule is COc1cccc(CCCCCCC2=CC=C(CCCCCP(=O)(O)O)C3NCCCC23)c1. The summed E-state index contributed by atoms with van der Waals surface area (Å²) in [7, 11) is -2.13. The molecule has 1 fully saturated rings. The van der Waals surface area contributed by atoms with E-state index in [1.807, 2.05) is 6.07 Å². The maximum atomic E-state index is 11.0. The molecule has 3 rings (SSSR count). The second-order valence-corrected chi connectivity index (χ2v) is 11.4. The molecular formula is C27H42NO4P. The van der Waals surface area contributed by atoms with Gasteiger partial charge in [-0.05, 0) is 87.9 Å². The zero-order valence-electron chi connectivity index (χ0n) is 20.2. The number of benzene rings is 1. The van der Waals surface area contributed by atoms with E-state index in [9.17, 15) is 4.57 Å². The predicted octanol–water partition coefficient (Wildman–Crippen LogP) is 6.16. The van der Waals surface area contributed by atoms with Gasteiger partial charge < -0.3 is 19.8 Å². The molecule has 0 radical (unpaired) electrons. The Labute approximate surface area is 199 Å².